The first-order chi connectivity index (χ1) is 8.78. The fraction of sp³-hybridized carbons (Fsp3) is 0.500. The van der Waals surface area contributed by atoms with Gasteiger partial charge in [0.25, 0.3) is 6.43 Å². The maximum absolute atomic E-state index is 12.4. The fourth-order valence-corrected chi connectivity index (χ4v) is 1.83. The number of carbonyl (C=O) groups is 1. The SMILES string of the molecule is CCN(Cc1ccc(C(F)F)cc1)C(C)(C)C(=O)O. The molecule has 0 bridgehead atoms. The van der Waals surface area contributed by atoms with Crippen molar-refractivity contribution in [3.8, 4) is 0 Å². The Hall–Kier alpha value is -1.49. The van der Waals surface area contributed by atoms with Crippen molar-refractivity contribution >= 4 is 5.97 Å². The van der Waals surface area contributed by atoms with Crippen LogP contribution in [0.1, 0.15) is 38.3 Å². The Morgan fingerprint density at radius 3 is 2.21 bits per heavy atom. The third-order valence-corrected chi connectivity index (χ3v) is 3.30. The Morgan fingerprint density at radius 2 is 1.84 bits per heavy atom. The van der Waals surface area contributed by atoms with Gasteiger partial charge in [-0.2, -0.15) is 0 Å². The summed E-state index contributed by atoms with van der Waals surface area (Å²) in [4.78, 5) is 13.0. The Balaban J connectivity index is 2.84. The first-order valence-corrected chi connectivity index (χ1v) is 6.14. The number of aliphatic carboxylic acids is 1. The minimum atomic E-state index is -2.48. The van der Waals surface area contributed by atoms with E-state index in [9.17, 15) is 18.7 Å². The molecule has 1 aromatic carbocycles. The summed E-state index contributed by atoms with van der Waals surface area (Å²) < 4.78 is 24.9. The molecule has 0 aromatic heterocycles. The molecule has 1 aromatic rings. The summed E-state index contributed by atoms with van der Waals surface area (Å²) in [7, 11) is 0. The average Bonchev–Trinajstić information content (AvgIpc) is 2.35. The van der Waals surface area contributed by atoms with Gasteiger partial charge < -0.3 is 5.11 Å². The third kappa shape index (κ3) is 3.73. The number of hydrogen-bond acceptors (Lipinski definition) is 2. The second-order valence-corrected chi connectivity index (χ2v) is 4.92. The van der Waals surface area contributed by atoms with Gasteiger partial charge in [0.1, 0.15) is 5.54 Å². The van der Waals surface area contributed by atoms with Gasteiger partial charge >= 0.3 is 5.97 Å². The molecule has 0 atom stereocenters. The summed E-state index contributed by atoms with van der Waals surface area (Å²) in [5, 5.41) is 9.20. The maximum atomic E-state index is 12.4. The number of carboxylic acid groups (broad SMARTS) is 1. The van der Waals surface area contributed by atoms with Crippen molar-refractivity contribution in [2.75, 3.05) is 6.54 Å². The standard InChI is InChI=1S/C14H19F2NO2/c1-4-17(14(2,3)13(18)19)9-10-5-7-11(8-6-10)12(15)16/h5-8,12H,4,9H2,1-3H3,(H,18,19). The molecule has 0 radical (unpaired) electrons. The summed E-state index contributed by atoms with van der Waals surface area (Å²) in [6, 6.07) is 5.98. The number of likely N-dealkylation sites (N-methyl/N-ethyl adjacent to an activating group) is 1. The molecule has 0 aliphatic heterocycles. The largest absolute Gasteiger partial charge is 0.480 e. The number of nitrogens with zero attached hydrogens (tertiary/aromatic N) is 1. The van der Waals surface area contributed by atoms with Crippen LogP contribution < -0.4 is 0 Å². The van der Waals surface area contributed by atoms with E-state index in [0.29, 0.717) is 13.1 Å². The van der Waals surface area contributed by atoms with Gasteiger partial charge in [0.05, 0.1) is 0 Å². The summed E-state index contributed by atoms with van der Waals surface area (Å²) in [5.41, 5.74) is -0.194. The van der Waals surface area contributed by atoms with Crippen LogP contribution in [0.5, 0.6) is 0 Å². The van der Waals surface area contributed by atoms with Crippen molar-refractivity contribution in [3.63, 3.8) is 0 Å². The van der Waals surface area contributed by atoms with Crippen LogP contribution in [0.25, 0.3) is 0 Å². The molecule has 106 valence electrons. The normalized spacial score (nSPS) is 12.2. The topological polar surface area (TPSA) is 40.5 Å². The van der Waals surface area contributed by atoms with Gasteiger partial charge in [0, 0.05) is 12.1 Å². The number of alkyl halides is 2. The van der Waals surface area contributed by atoms with E-state index in [1.54, 1.807) is 30.9 Å². The predicted molar refractivity (Wildman–Crippen MR) is 69.2 cm³/mol. The molecule has 0 amide bonds. The number of carboxylic acids is 1. The number of rotatable bonds is 6. The molecular weight excluding hydrogens is 252 g/mol. The van der Waals surface area contributed by atoms with Crippen LogP contribution in [0.2, 0.25) is 0 Å². The number of hydrogen-bond donors (Lipinski definition) is 1. The van der Waals surface area contributed by atoms with E-state index >= 15 is 0 Å². The zero-order valence-corrected chi connectivity index (χ0v) is 11.4. The lowest BCUT2D eigenvalue weighted by Gasteiger charge is -2.34. The summed E-state index contributed by atoms with van der Waals surface area (Å²) in [6.07, 6.45) is -2.48. The first kappa shape index (κ1) is 15.6. The van der Waals surface area contributed by atoms with Crippen molar-refractivity contribution < 1.29 is 18.7 Å². The Morgan fingerprint density at radius 1 is 1.32 bits per heavy atom. The Bertz CT molecular complexity index is 430. The molecule has 0 saturated heterocycles. The fourth-order valence-electron chi connectivity index (χ4n) is 1.83. The minimum Gasteiger partial charge on any atom is -0.480 e. The van der Waals surface area contributed by atoms with Crippen LogP contribution in [0.3, 0.4) is 0 Å². The van der Waals surface area contributed by atoms with Gasteiger partial charge in [0.2, 0.25) is 0 Å². The smallest absolute Gasteiger partial charge is 0.323 e. The van der Waals surface area contributed by atoms with Crippen LogP contribution in [-0.4, -0.2) is 28.1 Å². The number of halogens is 2. The van der Waals surface area contributed by atoms with E-state index in [4.69, 9.17) is 0 Å². The van der Waals surface area contributed by atoms with Crippen LogP contribution in [0.15, 0.2) is 24.3 Å². The summed E-state index contributed by atoms with van der Waals surface area (Å²) >= 11 is 0. The molecule has 0 heterocycles. The molecule has 0 spiro atoms. The van der Waals surface area contributed by atoms with Gasteiger partial charge in [-0.15, -0.1) is 0 Å². The van der Waals surface area contributed by atoms with Crippen molar-refractivity contribution in [1.82, 2.24) is 4.90 Å². The molecule has 3 nitrogen and oxygen atoms in total. The third-order valence-electron chi connectivity index (χ3n) is 3.30. The average molecular weight is 271 g/mol. The van der Waals surface area contributed by atoms with Crippen LogP contribution in [0.4, 0.5) is 8.78 Å². The van der Waals surface area contributed by atoms with Crippen molar-refractivity contribution in [1.29, 1.82) is 0 Å². The van der Waals surface area contributed by atoms with Crippen molar-refractivity contribution in [2.45, 2.75) is 39.3 Å². The van der Waals surface area contributed by atoms with Crippen LogP contribution >= 0.6 is 0 Å². The second-order valence-electron chi connectivity index (χ2n) is 4.92. The molecule has 19 heavy (non-hydrogen) atoms. The minimum absolute atomic E-state index is 0.0238. The van der Waals surface area contributed by atoms with Crippen LogP contribution in [0, 0.1) is 0 Å². The van der Waals surface area contributed by atoms with E-state index < -0.39 is 17.9 Å². The molecule has 0 fully saturated rings. The summed E-state index contributed by atoms with van der Waals surface area (Å²) in [5.74, 6) is -0.904. The summed E-state index contributed by atoms with van der Waals surface area (Å²) in [6.45, 7) is 6.12. The second kappa shape index (κ2) is 6.10. The highest BCUT2D eigenvalue weighted by atomic mass is 19.3. The molecule has 0 unspecified atom stereocenters. The lowest BCUT2D eigenvalue weighted by Crippen LogP contribution is -2.49. The van der Waals surface area contributed by atoms with E-state index in [2.05, 4.69) is 0 Å². The highest BCUT2D eigenvalue weighted by Gasteiger charge is 2.33. The molecule has 1 rings (SSSR count). The quantitative estimate of drug-likeness (QED) is 0.863. The molecule has 0 aliphatic rings. The van der Waals surface area contributed by atoms with E-state index in [0.717, 1.165) is 5.56 Å². The predicted octanol–water partition coefficient (Wildman–Crippen LogP) is 3.31. The van der Waals surface area contributed by atoms with E-state index in [-0.39, 0.29) is 5.56 Å². The highest BCUT2D eigenvalue weighted by molar-refractivity contribution is 5.77. The zero-order chi connectivity index (χ0) is 14.6. The number of benzene rings is 1. The molecule has 0 aliphatic carbocycles. The molecule has 5 heteroatoms. The lowest BCUT2D eigenvalue weighted by molar-refractivity contribution is -0.149. The molecule has 1 N–H and O–H groups in total. The van der Waals surface area contributed by atoms with Crippen LogP contribution in [-0.2, 0) is 11.3 Å². The van der Waals surface area contributed by atoms with Crippen molar-refractivity contribution in [2.24, 2.45) is 0 Å². The van der Waals surface area contributed by atoms with E-state index in [1.807, 2.05) is 6.92 Å². The lowest BCUT2D eigenvalue weighted by atomic mass is 10.0. The van der Waals surface area contributed by atoms with Gasteiger partial charge in [-0.05, 0) is 26.0 Å². The first-order valence-electron chi connectivity index (χ1n) is 6.14. The maximum Gasteiger partial charge on any atom is 0.323 e. The van der Waals surface area contributed by atoms with E-state index in [1.165, 1.54) is 12.1 Å². The zero-order valence-electron chi connectivity index (χ0n) is 11.4. The molecule has 0 saturated carbocycles. The Kier molecular flexibility index (Phi) is 5.00. The molecular formula is C14H19F2NO2. The monoisotopic (exact) mass is 271 g/mol. The van der Waals surface area contributed by atoms with Gasteiger partial charge in [-0.1, -0.05) is 31.2 Å². The van der Waals surface area contributed by atoms with Gasteiger partial charge in [-0.25, -0.2) is 8.78 Å². The highest BCUT2D eigenvalue weighted by Crippen LogP contribution is 2.21. The van der Waals surface area contributed by atoms with Gasteiger partial charge in [-0.3, -0.25) is 9.69 Å². The Labute approximate surface area is 111 Å². The van der Waals surface area contributed by atoms with Crippen molar-refractivity contribution in [3.05, 3.63) is 35.4 Å². The van der Waals surface area contributed by atoms with Gasteiger partial charge in [0.15, 0.2) is 0 Å².